The zero-order valence-corrected chi connectivity index (χ0v) is 16.2. The third kappa shape index (κ3) is 3.68. The first-order valence-electron chi connectivity index (χ1n) is 9.10. The van der Waals surface area contributed by atoms with E-state index in [0.717, 1.165) is 38.5 Å². The number of hydrogen-bond donors (Lipinski definition) is 1. The van der Waals surface area contributed by atoms with Gasteiger partial charge in [-0.05, 0) is 76.5 Å². The zero-order chi connectivity index (χ0) is 17.5. The standard InChI is InChI=1S/C19H34O3S/c1-14(8-7-13-23(21,22)18(2,3)4)15-10-11-16-17(20)9-6-12-19(15,16)5/h10,14,16-17,20H,6-9,11-13H2,1-5H3/t14-,16+,17+,19-/m1/s1. The van der Waals surface area contributed by atoms with Crippen LogP contribution in [0.4, 0.5) is 0 Å². The van der Waals surface area contributed by atoms with Gasteiger partial charge in [-0.2, -0.15) is 0 Å². The van der Waals surface area contributed by atoms with Gasteiger partial charge in [0, 0.05) is 0 Å². The monoisotopic (exact) mass is 342 g/mol. The number of aliphatic hydroxyl groups is 1. The van der Waals surface area contributed by atoms with Gasteiger partial charge in [-0.1, -0.05) is 25.5 Å². The molecule has 0 aromatic carbocycles. The Labute approximate surface area is 142 Å². The van der Waals surface area contributed by atoms with E-state index in [-0.39, 0.29) is 17.3 Å². The summed E-state index contributed by atoms with van der Waals surface area (Å²) in [6.07, 6.45) is 7.97. The first kappa shape index (κ1) is 19.0. The fourth-order valence-corrected chi connectivity index (χ4v) is 5.72. The quantitative estimate of drug-likeness (QED) is 0.765. The van der Waals surface area contributed by atoms with Gasteiger partial charge in [-0.25, -0.2) is 8.42 Å². The van der Waals surface area contributed by atoms with E-state index < -0.39 is 14.6 Å². The summed E-state index contributed by atoms with van der Waals surface area (Å²) < 4.78 is 23.8. The Morgan fingerprint density at radius 2 is 2.04 bits per heavy atom. The van der Waals surface area contributed by atoms with E-state index in [2.05, 4.69) is 19.9 Å². The molecule has 2 aliphatic carbocycles. The summed E-state index contributed by atoms with van der Waals surface area (Å²) in [5.74, 6) is 1.05. The van der Waals surface area contributed by atoms with Crippen molar-refractivity contribution in [3.8, 4) is 0 Å². The largest absolute Gasteiger partial charge is 0.393 e. The molecule has 1 saturated carbocycles. The molecule has 0 unspecified atom stereocenters. The molecule has 4 atom stereocenters. The highest BCUT2D eigenvalue weighted by Crippen LogP contribution is 2.55. The predicted octanol–water partition coefficient (Wildman–Crippen LogP) is 4.11. The van der Waals surface area contributed by atoms with E-state index in [1.807, 2.05) is 0 Å². The van der Waals surface area contributed by atoms with Crippen molar-refractivity contribution in [1.82, 2.24) is 0 Å². The molecule has 0 saturated heterocycles. The van der Waals surface area contributed by atoms with Crippen LogP contribution in [0, 0.1) is 17.3 Å². The van der Waals surface area contributed by atoms with Crippen LogP contribution >= 0.6 is 0 Å². The minimum atomic E-state index is -3.02. The van der Waals surface area contributed by atoms with Crippen LogP contribution in [-0.4, -0.2) is 30.1 Å². The summed E-state index contributed by atoms with van der Waals surface area (Å²) in [6, 6.07) is 0. The number of allylic oxidation sites excluding steroid dienone is 2. The second-order valence-corrected chi connectivity index (χ2v) is 11.7. The van der Waals surface area contributed by atoms with Crippen molar-refractivity contribution in [2.24, 2.45) is 17.3 Å². The number of rotatable bonds is 5. The van der Waals surface area contributed by atoms with Crippen molar-refractivity contribution in [2.45, 2.75) is 84.0 Å². The zero-order valence-electron chi connectivity index (χ0n) is 15.4. The maximum atomic E-state index is 12.2. The van der Waals surface area contributed by atoms with Crippen LogP contribution in [0.15, 0.2) is 11.6 Å². The maximum absolute atomic E-state index is 12.2. The Balaban J connectivity index is 1.96. The lowest BCUT2D eigenvalue weighted by molar-refractivity contribution is 0.00780. The van der Waals surface area contributed by atoms with Gasteiger partial charge in [0.05, 0.1) is 16.6 Å². The normalized spacial score (nSPS) is 33.2. The van der Waals surface area contributed by atoms with E-state index in [9.17, 15) is 13.5 Å². The van der Waals surface area contributed by atoms with Gasteiger partial charge < -0.3 is 5.11 Å². The molecule has 3 nitrogen and oxygen atoms in total. The molecule has 2 rings (SSSR count). The van der Waals surface area contributed by atoms with Gasteiger partial charge in [-0.15, -0.1) is 0 Å². The molecule has 134 valence electrons. The van der Waals surface area contributed by atoms with Crippen molar-refractivity contribution in [3.05, 3.63) is 11.6 Å². The SMILES string of the molecule is C[C@H](CCCS(=O)(=O)C(C)(C)C)C1=CC[C@H]2[C@@H](O)CCC[C@]12C. The average molecular weight is 343 g/mol. The molecule has 0 aromatic rings. The van der Waals surface area contributed by atoms with Crippen LogP contribution in [0.3, 0.4) is 0 Å². The Morgan fingerprint density at radius 3 is 2.65 bits per heavy atom. The summed E-state index contributed by atoms with van der Waals surface area (Å²) in [5.41, 5.74) is 1.59. The molecular weight excluding hydrogens is 308 g/mol. The van der Waals surface area contributed by atoms with Gasteiger partial charge in [0.1, 0.15) is 0 Å². The summed E-state index contributed by atoms with van der Waals surface area (Å²) in [6.45, 7) is 9.87. The van der Waals surface area contributed by atoms with Crippen LogP contribution in [0.25, 0.3) is 0 Å². The average Bonchev–Trinajstić information content (AvgIpc) is 2.75. The van der Waals surface area contributed by atoms with Crippen molar-refractivity contribution in [1.29, 1.82) is 0 Å². The second kappa shape index (κ2) is 6.51. The van der Waals surface area contributed by atoms with Gasteiger partial charge in [0.25, 0.3) is 0 Å². The van der Waals surface area contributed by atoms with Crippen LogP contribution in [0.2, 0.25) is 0 Å². The lowest BCUT2D eigenvalue weighted by Gasteiger charge is -2.43. The van der Waals surface area contributed by atoms with Gasteiger partial charge in [0.15, 0.2) is 9.84 Å². The Bertz CT molecular complexity index is 556. The molecule has 0 aliphatic heterocycles. The van der Waals surface area contributed by atoms with Crippen molar-refractivity contribution in [3.63, 3.8) is 0 Å². The molecule has 0 radical (unpaired) electrons. The smallest absolute Gasteiger partial charge is 0.155 e. The molecule has 4 heteroatoms. The Kier molecular flexibility index (Phi) is 5.37. The van der Waals surface area contributed by atoms with E-state index in [1.165, 1.54) is 5.57 Å². The summed E-state index contributed by atoms with van der Waals surface area (Å²) in [5, 5.41) is 10.3. The van der Waals surface area contributed by atoms with Gasteiger partial charge in [0.2, 0.25) is 0 Å². The molecule has 0 bridgehead atoms. The van der Waals surface area contributed by atoms with Crippen molar-refractivity contribution < 1.29 is 13.5 Å². The minimum absolute atomic E-state index is 0.125. The van der Waals surface area contributed by atoms with Crippen molar-refractivity contribution >= 4 is 9.84 Å². The molecule has 23 heavy (non-hydrogen) atoms. The molecule has 2 aliphatic rings. The van der Waals surface area contributed by atoms with E-state index in [4.69, 9.17) is 0 Å². The topological polar surface area (TPSA) is 54.4 Å². The highest BCUT2D eigenvalue weighted by atomic mass is 32.2. The van der Waals surface area contributed by atoms with Crippen molar-refractivity contribution in [2.75, 3.05) is 5.75 Å². The fourth-order valence-electron chi connectivity index (χ4n) is 4.56. The van der Waals surface area contributed by atoms with Gasteiger partial charge >= 0.3 is 0 Å². The molecule has 0 heterocycles. The summed E-state index contributed by atoms with van der Waals surface area (Å²) in [7, 11) is -3.02. The second-order valence-electron chi connectivity index (χ2n) is 8.85. The third-order valence-electron chi connectivity index (χ3n) is 6.24. The predicted molar refractivity (Wildman–Crippen MR) is 96.1 cm³/mol. The third-order valence-corrected chi connectivity index (χ3v) is 8.94. The molecule has 1 fully saturated rings. The lowest BCUT2D eigenvalue weighted by atomic mass is 9.63. The van der Waals surface area contributed by atoms with Gasteiger partial charge in [-0.3, -0.25) is 0 Å². The molecule has 0 aromatic heterocycles. The fraction of sp³-hybridized carbons (Fsp3) is 0.895. The first-order chi connectivity index (χ1) is 10.5. The summed E-state index contributed by atoms with van der Waals surface area (Å²) in [4.78, 5) is 0. The number of fused-ring (bicyclic) bond motifs is 1. The van der Waals surface area contributed by atoms with Crippen LogP contribution in [0.1, 0.15) is 73.1 Å². The summed E-state index contributed by atoms with van der Waals surface area (Å²) >= 11 is 0. The highest BCUT2D eigenvalue weighted by Gasteiger charge is 2.47. The minimum Gasteiger partial charge on any atom is -0.393 e. The van der Waals surface area contributed by atoms with E-state index in [0.29, 0.717) is 11.8 Å². The Morgan fingerprint density at radius 1 is 1.39 bits per heavy atom. The van der Waals surface area contributed by atoms with E-state index in [1.54, 1.807) is 20.8 Å². The lowest BCUT2D eigenvalue weighted by Crippen LogP contribution is -2.39. The highest BCUT2D eigenvalue weighted by molar-refractivity contribution is 7.92. The molecule has 0 amide bonds. The number of sulfone groups is 1. The number of aliphatic hydroxyl groups excluding tert-OH is 1. The molecule has 1 N–H and O–H groups in total. The van der Waals surface area contributed by atoms with Crippen LogP contribution in [-0.2, 0) is 9.84 Å². The number of hydrogen-bond acceptors (Lipinski definition) is 3. The maximum Gasteiger partial charge on any atom is 0.155 e. The van der Waals surface area contributed by atoms with E-state index >= 15 is 0 Å². The van der Waals surface area contributed by atoms with Crippen LogP contribution < -0.4 is 0 Å². The van der Waals surface area contributed by atoms with Crippen LogP contribution in [0.5, 0.6) is 0 Å². The molecular formula is C19H34O3S. The first-order valence-corrected chi connectivity index (χ1v) is 10.7. The Hall–Kier alpha value is -0.350. The molecule has 0 spiro atoms.